The number of hydrogen-bond donors (Lipinski definition) is 1. The van der Waals surface area contributed by atoms with Gasteiger partial charge in [-0.1, -0.05) is 35.8 Å². The molecule has 2 aromatic carbocycles. The molecule has 0 saturated carbocycles. The molecule has 2 aromatic rings. The first-order valence-corrected chi connectivity index (χ1v) is 7.63. The van der Waals surface area contributed by atoms with Gasteiger partial charge in [0.15, 0.2) is 0 Å². The summed E-state index contributed by atoms with van der Waals surface area (Å²) in [5.74, 6) is 1.16. The van der Waals surface area contributed by atoms with Crippen LogP contribution >= 0.6 is 15.9 Å². The van der Waals surface area contributed by atoms with E-state index in [0.29, 0.717) is 18.1 Å². The van der Waals surface area contributed by atoms with Crippen LogP contribution in [-0.2, 0) is 0 Å². The Morgan fingerprint density at radius 3 is 2.52 bits per heavy atom. The van der Waals surface area contributed by atoms with Gasteiger partial charge in [-0.05, 0) is 48.4 Å². The van der Waals surface area contributed by atoms with Gasteiger partial charge in [-0.2, -0.15) is 0 Å². The molecule has 0 aliphatic rings. The van der Waals surface area contributed by atoms with Crippen molar-refractivity contribution in [1.29, 1.82) is 0 Å². The van der Waals surface area contributed by atoms with Crippen LogP contribution in [0.1, 0.15) is 24.2 Å². The predicted octanol–water partition coefficient (Wildman–Crippen LogP) is 4.74. The molecule has 1 amide bonds. The van der Waals surface area contributed by atoms with E-state index in [4.69, 9.17) is 4.74 Å². The zero-order valence-corrected chi connectivity index (χ0v) is 13.7. The molecule has 0 heterocycles. The summed E-state index contributed by atoms with van der Waals surface area (Å²) in [6, 6.07) is 14.7. The molecule has 21 heavy (non-hydrogen) atoms. The molecule has 0 unspecified atom stereocenters. The van der Waals surface area contributed by atoms with Gasteiger partial charge in [-0.25, -0.2) is 0 Å². The number of rotatable bonds is 5. The monoisotopic (exact) mass is 347 g/mol. The maximum absolute atomic E-state index is 12.1. The van der Waals surface area contributed by atoms with E-state index in [1.54, 1.807) is 12.1 Å². The summed E-state index contributed by atoms with van der Waals surface area (Å²) >= 11 is 3.36. The highest BCUT2D eigenvalue weighted by atomic mass is 79.9. The molecule has 3 nitrogen and oxygen atoms in total. The lowest BCUT2D eigenvalue weighted by atomic mass is 10.2. The van der Waals surface area contributed by atoms with Crippen LogP contribution < -0.4 is 10.1 Å². The van der Waals surface area contributed by atoms with Crippen LogP contribution in [0.4, 0.5) is 5.69 Å². The van der Waals surface area contributed by atoms with Crippen LogP contribution in [0.5, 0.6) is 5.75 Å². The Hall–Kier alpha value is -1.81. The Bertz CT molecular complexity index is 608. The number of benzene rings is 2. The van der Waals surface area contributed by atoms with Crippen molar-refractivity contribution >= 4 is 27.5 Å². The average molecular weight is 348 g/mol. The first-order chi connectivity index (χ1) is 10.0. The molecule has 0 aromatic heterocycles. The number of carbonyl (C=O) groups is 1. The zero-order chi connectivity index (χ0) is 15.2. The molecule has 2 rings (SSSR count). The lowest BCUT2D eigenvalue weighted by Gasteiger charge is -2.10. The predicted molar refractivity (Wildman–Crippen MR) is 88.9 cm³/mol. The van der Waals surface area contributed by atoms with Crippen molar-refractivity contribution in [3.63, 3.8) is 0 Å². The van der Waals surface area contributed by atoms with Crippen molar-refractivity contribution in [2.45, 2.75) is 13.8 Å². The lowest BCUT2D eigenvalue weighted by molar-refractivity contribution is 0.102. The third-order valence-corrected chi connectivity index (χ3v) is 3.28. The number of anilines is 1. The van der Waals surface area contributed by atoms with Crippen LogP contribution in [0.3, 0.4) is 0 Å². The van der Waals surface area contributed by atoms with Crippen LogP contribution in [0.15, 0.2) is 53.0 Å². The molecule has 0 saturated heterocycles. The number of amides is 1. The second-order valence-corrected chi connectivity index (χ2v) is 6.11. The number of carbonyl (C=O) groups excluding carboxylic acids is 1. The van der Waals surface area contributed by atoms with Gasteiger partial charge in [-0.15, -0.1) is 0 Å². The second-order valence-electron chi connectivity index (χ2n) is 5.19. The summed E-state index contributed by atoms with van der Waals surface area (Å²) in [7, 11) is 0. The van der Waals surface area contributed by atoms with E-state index in [0.717, 1.165) is 15.9 Å². The van der Waals surface area contributed by atoms with Gasteiger partial charge in [0, 0.05) is 15.7 Å². The standard InChI is InChI=1S/C17H18BrNO2/c1-12(2)11-21-16-8-6-15(7-9-16)19-17(20)13-4-3-5-14(18)10-13/h3-10,12H,11H2,1-2H3,(H,19,20). The normalized spacial score (nSPS) is 10.5. The lowest BCUT2D eigenvalue weighted by Crippen LogP contribution is -2.11. The molecule has 0 bridgehead atoms. The maximum atomic E-state index is 12.1. The molecule has 0 aliphatic carbocycles. The summed E-state index contributed by atoms with van der Waals surface area (Å²) in [6.45, 7) is 4.89. The minimum Gasteiger partial charge on any atom is -0.493 e. The first-order valence-electron chi connectivity index (χ1n) is 6.84. The second kappa shape index (κ2) is 7.27. The minimum absolute atomic E-state index is 0.132. The number of hydrogen-bond acceptors (Lipinski definition) is 2. The molecule has 110 valence electrons. The van der Waals surface area contributed by atoms with Gasteiger partial charge >= 0.3 is 0 Å². The summed E-state index contributed by atoms with van der Waals surface area (Å²) in [5, 5.41) is 2.86. The fraction of sp³-hybridized carbons (Fsp3) is 0.235. The average Bonchev–Trinajstić information content (AvgIpc) is 2.46. The van der Waals surface area contributed by atoms with Gasteiger partial charge in [0.1, 0.15) is 5.75 Å². The van der Waals surface area contributed by atoms with Crippen LogP contribution in [0.25, 0.3) is 0 Å². The van der Waals surface area contributed by atoms with Gasteiger partial charge in [0.05, 0.1) is 6.61 Å². The van der Waals surface area contributed by atoms with Gasteiger partial charge in [-0.3, -0.25) is 4.79 Å². The third-order valence-electron chi connectivity index (χ3n) is 2.78. The van der Waals surface area contributed by atoms with E-state index in [2.05, 4.69) is 35.1 Å². The van der Waals surface area contributed by atoms with Crippen molar-refractivity contribution in [2.75, 3.05) is 11.9 Å². The maximum Gasteiger partial charge on any atom is 0.255 e. The Morgan fingerprint density at radius 1 is 1.19 bits per heavy atom. The van der Waals surface area contributed by atoms with E-state index in [-0.39, 0.29) is 5.91 Å². The van der Waals surface area contributed by atoms with Crippen molar-refractivity contribution in [3.8, 4) is 5.75 Å². The SMILES string of the molecule is CC(C)COc1ccc(NC(=O)c2cccc(Br)c2)cc1. The smallest absolute Gasteiger partial charge is 0.255 e. The topological polar surface area (TPSA) is 38.3 Å². The van der Waals surface area contributed by atoms with Crippen LogP contribution in [0, 0.1) is 5.92 Å². The Labute approximate surface area is 133 Å². The molecule has 0 radical (unpaired) electrons. The molecule has 1 N–H and O–H groups in total. The Kier molecular flexibility index (Phi) is 5.39. The van der Waals surface area contributed by atoms with Crippen LogP contribution in [0.2, 0.25) is 0 Å². The molecular formula is C17H18BrNO2. The summed E-state index contributed by atoms with van der Waals surface area (Å²) in [4.78, 5) is 12.1. The van der Waals surface area contributed by atoms with Crippen LogP contribution in [-0.4, -0.2) is 12.5 Å². The summed E-state index contributed by atoms with van der Waals surface area (Å²) in [6.07, 6.45) is 0. The Morgan fingerprint density at radius 2 is 1.90 bits per heavy atom. The van der Waals surface area contributed by atoms with E-state index in [1.165, 1.54) is 0 Å². The van der Waals surface area contributed by atoms with E-state index in [9.17, 15) is 4.79 Å². The molecule has 0 spiro atoms. The first kappa shape index (κ1) is 15.6. The van der Waals surface area contributed by atoms with E-state index in [1.807, 2.05) is 36.4 Å². The molecule has 4 heteroatoms. The van der Waals surface area contributed by atoms with Gasteiger partial charge in [0.2, 0.25) is 0 Å². The third kappa shape index (κ3) is 4.90. The van der Waals surface area contributed by atoms with Crippen molar-refractivity contribution in [2.24, 2.45) is 5.92 Å². The molecule has 0 fully saturated rings. The van der Waals surface area contributed by atoms with Crippen molar-refractivity contribution < 1.29 is 9.53 Å². The highest BCUT2D eigenvalue weighted by molar-refractivity contribution is 9.10. The fourth-order valence-electron chi connectivity index (χ4n) is 1.73. The zero-order valence-electron chi connectivity index (χ0n) is 12.1. The van der Waals surface area contributed by atoms with Gasteiger partial charge in [0.25, 0.3) is 5.91 Å². The highest BCUT2D eigenvalue weighted by Gasteiger charge is 2.06. The van der Waals surface area contributed by atoms with E-state index >= 15 is 0 Å². The van der Waals surface area contributed by atoms with Crippen molar-refractivity contribution in [3.05, 3.63) is 58.6 Å². The van der Waals surface area contributed by atoms with Crippen molar-refractivity contribution in [1.82, 2.24) is 0 Å². The molecular weight excluding hydrogens is 330 g/mol. The largest absolute Gasteiger partial charge is 0.493 e. The fourth-order valence-corrected chi connectivity index (χ4v) is 2.13. The number of halogens is 1. The van der Waals surface area contributed by atoms with Gasteiger partial charge < -0.3 is 10.1 Å². The quantitative estimate of drug-likeness (QED) is 0.848. The Balaban J connectivity index is 1.98. The molecule has 0 aliphatic heterocycles. The number of ether oxygens (including phenoxy) is 1. The molecule has 0 atom stereocenters. The summed E-state index contributed by atoms with van der Waals surface area (Å²) < 4.78 is 6.49. The minimum atomic E-state index is -0.132. The highest BCUT2D eigenvalue weighted by Crippen LogP contribution is 2.18. The summed E-state index contributed by atoms with van der Waals surface area (Å²) in [5.41, 5.74) is 1.36. The number of nitrogens with one attached hydrogen (secondary N) is 1. The van der Waals surface area contributed by atoms with E-state index < -0.39 is 0 Å².